The third-order valence-corrected chi connectivity index (χ3v) is 3.43. The molecule has 0 N–H and O–H groups in total. The fraction of sp³-hybridized carbons (Fsp3) is 0.667. The van der Waals surface area contributed by atoms with E-state index >= 15 is 0 Å². The number of carbonyl (C=O) groups is 2. The largest absolute Gasteiger partial charge is 0.461 e. The highest BCUT2D eigenvalue weighted by Gasteiger charge is 2.42. The van der Waals surface area contributed by atoms with Crippen molar-refractivity contribution in [3.05, 3.63) is 11.6 Å². The SMILES string of the molecule is C/C1=C/C[C@H]2C(=O)O[C@@H](CC1)[C@@H](C)C2=O. The summed E-state index contributed by atoms with van der Waals surface area (Å²) in [5.74, 6) is -0.951. The molecule has 3 atom stereocenters. The highest BCUT2D eigenvalue weighted by molar-refractivity contribution is 6.02. The monoisotopic (exact) mass is 208 g/mol. The number of allylic oxidation sites excluding steroid dienone is 2. The van der Waals surface area contributed by atoms with Crippen molar-refractivity contribution in [2.24, 2.45) is 11.8 Å². The molecule has 1 aliphatic carbocycles. The van der Waals surface area contributed by atoms with Crippen molar-refractivity contribution < 1.29 is 14.3 Å². The van der Waals surface area contributed by atoms with E-state index in [9.17, 15) is 9.59 Å². The highest BCUT2D eigenvalue weighted by atomic mass is 16.5. The van der Waals surface area contributed by atoms with E-state index in [-0.39, 0.29) is 23.8 Å². The maximum Gasteiger partial charge on any atom is 0.317 e. The molecule has 0 saturated carbocycles. The Labute approximate surface area is 89.5 Å². The predicted octanol–water partition coefficient (Wildman–Crippen LogP) is 1.86. The van der Waals surface area contributed by atoms with Gasteiger partial charge in [-0.3, -0.25) is 9.59 Å². The van der Waals surface area contributed by atoms with Gasteiger partial charge in [0.2, 0.25) is 0 Å². The van der Waals surface area contributed by atoms with Crippen molar-refractivity contribution >= 4 is 11.8 Å². The average Bonchev–Trinajstić information content (AvgIpc) is 2.29. The van der Waals surface area contributed by atoms with Gasteiger partial charge in [-0.05, 0) is 26.2 Å². The lowest BCUT2D eigenvalue weighted by atomic mass is 9.85. The van der Waals surface area contributed by atoms with Gasteiger partial charge in [0.1, 0.15) is 12.0 Å². The van der Waals surface area contributed by atoms with E-state index in [1.807, 2.05) is 19.9 Å². The van der Waals surface area contributed by atoms with E-state index < -0.39 is 5.92 Å². The second-order valence-electron chi connectivity index (χ2n) is 4.54. The third kappa shape index (κ3) is 1.83. The molecule has 0 aromatic carbocycles. The lowest BCUT2D eigenvalue weighted by molar-refractivity contribution is -0.169. The lowest BCUT2D eigenvalue weighted by Crippen LogP contribution is -2.44. The molecule has 82 valence electrons. The summed E-state index contributed by atoms with van der Waals surface area (Å²) >= 11 is 0. The molecular formula is C12H16O3. The molecule has 2 aliphatic heterocycles. The zero-order valence-corrected chi connectivity index (χ0v) is 9.16. The number of rotatable bonds is 0. The fourth-order valence-corrected chi connectivity index (χ4v) is 2.26. The second kappa shape index (κ2) is 3.80. The molecule has 0 spiro atoms. The number of Topliss-reactive ketones (excluding diaryl/α,β-unsaturated/α-hetero) is 1. The van der Waals surface area contributed by atoms with Crippen LogP contribution in [0.25, 0.3) is 0 Å². The van der Waals surface area contributed by atoms with Crippen LogP contribution in [-0.4, -0.2) is 17.9 Å². The van der Waals surface area contributed by atoms with Crippen LogP contribution in [0.3, 0.4) is 0 Å². The average molecular weight is 208 g/mol. The van der Waals surface area contributed by atoms with E-state index in [1.165, 1.54) is 5.57 Å². The van der Waals surface area contributed by atoms with Crippen LogP contribution in [0.4, 0.5) is 0 Å². The van der Waals surface area contributed by atoms with E-state index in [4.69, 9.17) is 4.74 Å². The van der Waals surface area contributed by atoms with Crippen LogP contribution in [-0.2, 0) is 14.3 Å². The number of ether oxygens (including phenoxy) is 1. The molecule has 2 bridgehead atoms. The fourth-order valence-electron chi connectivity index (χ4n) is 2.26. The quantitative estimate of drug-likeness (QED) is 0.347. The molecular weight excluding hydrogens is 192 g/mol. The van der Waals surface area contributed by atoms with E-state index in [2.05, 4.69) is 0 Å². The summed E-state index contributed by atoms with van der Waals surface area (Å²) in [6.07, 6.45) is 4.00. The van der Waals surface area contributed by atoms with Gasteiger partial charge in [0.15, 0.2) is 5.78 Å². The Morgan fingerprint density at radius 2 is 2.13 bits per heavy atom. The van der Waals surface area contributed by atoms with Gasteiger partial charge in [-0.1, -0.05) is 18.6 Å². The van der Waals surface area contributed by atoms with Crippen LogP contribution in [0.2, 0.25) is 0 Å². The Morgan fingerprint density at radius 1 is 1.40 bits per heavy atom. The summed E-state index contributed by atoms with van der Waals surface area (Å²) in [6, 6.07) is 0. The van der Waals surface area contributed by atoms with E-state index in [0.717, 1.165) is 12.8 Å². The van der Waals surface area contributed by atoms with E-state index in [1.54, 1.807) is 0 Å². The Kier molecular flexibility index (Phi) is 2.63. The minimum absolute atomic E-state index is 0.0576. The summed E-state index contributed by atoms with van der Waals surface area (Å²) in [7, 11) is 0. The first kappa shape index (κ1) is 10.4. The highest BCUT2D eigenvalue weighted by Crippen LogP contribution is 2.30. The van der Waals surface area contributed by atoms with Crippen molar-refractivity contribution in [3.8, 4) is 0 Å². The first-order valence-corrected chi connectivity index (χ1v) is 5.49. The number of ketones is 1. The Hall–Kier alpha value is -1.12. The molecule has 15 heavy (non-hydrogen) atoms. The van der Waals surface area contributed by atoms with Gasteiger partial charge in [-0.2, -0.15) is 0 Å². The molecule has 1 saturated heterocycles. The Balaban J connectivity index is 2.31. The van der Waals surface area contributed by atoms with Gasteiger partial charge >= 0.3 is 5.97 Å². The second-order valence-corrected chi connectivity index (χ2v) is 4.54. The van der Waals surface area contributed by atoms with Gasteiger partial charge in [-0.15, -0.1) is 0 Å². The summed E-state index contributed by atoms with van der Waals surface area (Å²) in [6.45, 7) is 3.91. The minimum atomic E-state index is -0.552. The first-order chi connectivity index (χ1) is 7.09. The zero-order chi connectivity index (χ0) is 11.0. The van der Waals surface area contributed by atoms with Crippen LogP contribution in [0.15, 0.2) is 11.6 Å². The molecule has 3 nitrogen and oxygen atoms in total. The maximum atomic E-state index is 11.9. The normalized spacial score (nSPS) is 39.9. The van der Waals surface area contributed by atoms with Crippen molar-refractivity contribution in [1.29, 1.82) is 0 Å². The summed E-state index contributed by atoms with van der Waals surface area (Å²) < 4.78 is 5.31. The van der Waals surface area contributed by atoms with Crippen molar-refractivity contribution in [2.75, 3.05) is 0 Å². The molecule has 0 aromatic heterocycles. The number of hydrogen-bond acceptors (Lipinski definition) is 3. The van der Waals surface area contributed by atoms with Crippen molar-refractivity contribution in [2.45, 2.75) is 39.2 Å². The molecule has 3 aliphatic rings. The Bertz CT molecular complexity index is 330. The molecule has 3 rings (SSSR count). The standard InChI is InChI=1S/C12H16O3/c1-7-3-5-9-11(13)8(2)10(6-4-7)15-12(9)14/h3,8-10H,4-6H2,1-2H3/b7-3-/t8-,9-,10+/m1/s1. The van der Waals surface area contributed by atoms with Crippen molar-refractivity contribution in [3.63, 3.8) is 0 Å². The predicted molar refractivity (Wildman–Crippen MR) is 55.1 cm³/mol. The van der Waals surface area contributed by atoms with Crippen molar-refractivity contribution in [1.82, 2.24) is 0 Å². The molecule has 3 heteroatoms. The number of esters is 1. The summed E-state index contributed by atoms with van der Waals surface area (Å²) in [5, 5.41) is 0. The maximum absolute atomic E-state index is 11.9. The van der Waals surface area contributed by atoms with Gasteiger partial charge < -0.3 is 4.74 Å². The summed E-state index contributed by atoms with van der Waals surface area (Å²) in [4.78, 5) is 23.5. The number of fused-ring (bicyclic) bond motifs is 5. The van der Waals surface area contributed by atoms with Gasteiger partial charge in [-0.25, -0.2) is 0 Å². The van der Waals surface area contributed by atoms with Crippen LogP contribution in [0.1, 0.15) is 33.1 Å². The van der Waals surface area contributed by atoms with E-state index in [0.29, 0.717) is 6.42 Å². The number of carbonyl (C=O) groups excluding carboxylic acids is 2. The van der Waals surface area contributed by atoms with Crippen LogP contribution in [0.5, 0.6) is 0 Å². The van der Waals surface area contributed by atoms with Crippen LogP contribution < -0.4 is 0 Å². The minimum Gasteiger partial charge on any atom is -0.461 e. The molecule has 2 heterocycles. The van der Waals surface area contributed by atoms with Crippen LogP contribution >= 0.6 is 0 Å². The van der Waals surface area contributed by atoms with Gasteiger partial charge in [0.05, 0.1) is 5.92 Å². The van der Waals surface area contributed by atoms with Crippen LogP contribution in [0, 0.1) is 11.8 Å². The molecule has 0 amide bonds. The van der Waals surface area contributed by atoms with Gasteiger partial charge in [0.25, 0.3) is 0 Å². The molecule has 0 unspecified atom stereocenters. The topological polar surface area (TPSA) is 43.4 Å². The molecule has 1 fully saturated rings. The summed E-state index contributed by atoms with van der Waals surface area (Å²) in [5.41, 5.74) is 1.25. The zero-order valence-electron chi connectivity index (χ0n) is 9.16. The van der Waals surface area contributed by atoms with Gasteiger partial charge in [0, 0.05) is 0 Å². The first-order valence-electron chi connectivity index (χ1n) is 5.49. The lowest BCUT2D eigenvalue weighted by Gasteiger charge is -2.31. The Morgan fingerprint density at radius 3 is 2.87 bits per heavy atom. The molecule has 0 radical (unpaired) electrons. The smallest absolute Gasteiger partial charge is 0.317 e. The molecule has 0 aromatic rings. The third-order valence-electron chi connectivity index (χ3n) is 3.43. The number of hydrogen-bond donors (Lipinski definition) is 0.